The predicted octanol–water partition coefficient (Wildman–Crippen LogP) is 2.12. The van der Waals surface area contributed by atoms with Crippen molar-refractivity contribution in [2.75, 3.05) is 0 Å². The van der Waals surface area contributed by atoms with Gasteiger partial charge in [0.05, 0.1) is 7.90 Å². The zero-order valence-corrected chi connectivity index (χ0v) is 6.20. The van der Waals surface area contributed by atoms with E-state index in [2.05, 4.69) is 27.4 Å². The monoisotopic (exact) mass is 152 g/mol. The van der Waals surface area contributed by atoms with E-state index in [1.165, 1.54) is 6.20 Å². The molecule has 0 aliphatic carbocycles. The highest BCUT2D eigenvalue weighted by Crippen LogP contribution is 2.11. The number of aromatic nitrogens is 1. The molecule has 3 heteroatoms. The zero-order valence-electron chi connectivity index (χ0n) is 7.38. The Morgan fingerprint density at radius 3 is 3.40 bits per heavy atom. The molecule has 0 unspecified atom stereocenters. The Balaban J connectivity index is 3.35. The van der Waals surface area contributed by atoms with Gasteiger partial charge in [0.1, 0.15) is 0 Å². The second-order valence-corrected chi connectivity index (χ2v) is 1.86. The first-order chi connectivity index (χ1) is 5.66. The molecule has 1 aromatic rings. The van der Waals surface area contributed by atoms with E-state index in [9.17, 15) is 0 Å². The Labute approximate surface area is 67.4 Å². The van der Waals surface area contributed by atoms with Gasteiger partial charge in [-0.25, -0.2) is 4.98 Å². The van der Waals surface area contributed by atoms with Gasteiger partial charge in [-0.3, -0.25) is 0 Å². The third-order valence-corrected chi connectivity index (χ3v) is 1.09. The highest BCUT2D eigenvalue weighted by Gasteiger charge is 1.91. The van der Waals surface area contributed by atoms with Crippen molar-refractivity contribution < 1.29 is 2.74 Å². The quantitative estimate of drug-likeness (QED) is 0.455. The predicted molar refractivity (Wildman–Crippen MR) is 43.7 cm³/mol. The van der Waals surface area contributed by atoms with Gasteiger partial charge in [-0.2, -0.15) is 4.99 Å². The van der Waals surface area contributed by atoms with E-state index in [0.717, 1.165) is 0 Å². The standard InChI is InChI=1S/C7H6N2S/c1-6-3-2-4-8-7(6)9-5-10/h2-4H,1H3/i2D,3D. The van der Waals surface area contributed by atoms with Crippen LogP contribution in [0.5, 0.6) is 0 Å². The van der Waals surface area contributed by atoms with Gasteiger partial charge < -0.3 is 0 Å². The first kappa shape index (κ1) is 4.72. The number of thiocarbonyl (C=S) groups is 1. The Morgan fingerprint density at radius 2 is 2.70 bits per heavy atom. The minimum atomic E-state index is 0.0934. The van der Waals surface area contributed by atoms with E-state index in [4.69, 9.17) is 2.74 Å². The molecule has 0 amide bonds. The minimum absolute atomic E-state index is 0.0934. The van der Waals surface area contributed by atoms with Crippen LogP contribution in [0.15, 0.2) is 23.3 Å². The average Bonchev–Trinajstić information content (AvgIpc) is 2.07. The maximum atomic E-state index is 7.41. The van der Waals surface area contributed by atoms with Crippen LogP contribution in [0.2, 0.25) is 0 Å². The number of hydrogen-bond acceptors (Lipinski definition) is 3. The van der Waals surface area contributed by atoms with Crippen molar-refractivity contribution in [2.45, 2.75) is 6.92 Å². The lowest BCUT2D eigenvalue weighted by Crippen LogP contribution is -1.76. The van der Waals surface area contributed by atoms with Crippen LogP contribution in [-0.4, -0.2) is 10.1 Å². The summed E-state index contributed by atoms with van der Waals surface area (Å²) in [5.41, 5.74) is 0.555. The third-order valence-electron chi connectivity index (χ3n) is 0.998. The van der Waals surface area contributed by atoms with Crippen molar-refractivity contribution in [1.82, 2.24) is 4.98 Å². The summed E-state index contributed by atoms with van der Waals surface area (Å²) in [4.78, 5) is 7.48. The van der Waals surface area contributed by atoms with E-state index in [-0.39, 0.29) is 12.1 Å². The maximum Gasteiger partial charge on any atom is 0.165 e. The molecule has 0 atom stereocenters. The summed E-state index contributed by atoms with van der Waals surface area (Å²) >= 11 is 4.40. The molecule has 0 saturated carbocycles. The van der Waals surface area contributed by atoms with Gasteiger partial charge in [-0.05, 0) is 30.7 Å². The van der Waals surface area contributed by atoms with Crippen molar-refractivity contribution in [3.8, 4) is 0 Å². The Morgan fingerprint density at radius 1 is 1.90 bits per heavy atom. The van der Waals surface area contributed by atoms with E-state index in [0.29, 0.717) is 11.4 Å². The molecular formula is C7H6N2S. The Bertz CT molecular complexity index is 359. The fourth-order valence-electron chi connectivity index (χ4n) is 0.543. The van der Waals surface area contributed by atoms with Gasteiger partial charge in [0.15, 0.2) is 5.82 Å². The molecule has 0 saturated heterocycles. The van der Waals surface area contributed by atoms with E-state index in [1.54, 1.807) is 6.92 Å². The lowest BCUT2D eigenvalue weighted by atomic mass is 10.3. The van der Waals surface area contributed by atoms with Crippen LogP contribution >= 0.6 is 12.2 Å². The molecule has 50 valence electrons. The van der Waals surface area contributed by atoms with Gasteiger partial charge in [-0.15, -0.1) is 0 Å². The summed E-state index contributed by atoms with van der Waals surface area (Å²) in [7, 11) is 0. The molecule has 0 aliphatic heterocycles. The zero-order chi connectivity index (χ0) is 9.14. The topological polar surface area (TPSA) is 25.2 Å². The van der Waals surface area contributed by atoms with E-state index in [1.807, 2.05) is 0 Å². The molecule has 0 aliphatic rings. The molecule has 1 aromatic heterocycles. The van der Waals surface area contributed by atoms with Crippen molar-refractivity contribution in [3.63, 3.8) is 0 Å². The largest absolute Gasteiger partial charge is 0.236 e. The minimum Gasteiger partial charge on any atom is -0.236 e. The van der Waals surface area contributed by atoms with Crippen LogP contribution in [0.25, 0.3) is 0 Å². The molecule has 1 heterocycles. The molecule has 0 fully saturated rings. The summed E-state index contributed by atoms with van der Waals surface area (Å²) in [5, 5.41) is 2.17. The van der Waals surface area contributed by atoms with Gasteiger partial charge >= 0.3 is 0 Å². The molecule has 1 rings (SSSR count). The highest BCUT2D eigenvalue weighted by atomic mass is 32.1. The van der Waals surface area contributed by atoms with Crippen LogP contribution in [0.4, 0.5) is 5.82 Å². The van der Waals surface area contributed by atoms with Gasteiger partial charge in [0, 0.05) is 6.20 Å². The summed E-state index contributed by atoms with van der Waals surface area (Å²) < 4.78 is 14.7. The smallest absolute Gasteiger partial charge is 0.165 e. The summed E-state index contributed by atoms with van der Waals surface area (Å²) in [6.45, 7) is 1.68. The fraction of sp³-hybridized carbons (Fsp3) is 0.143. The molecule has 0 bridgehead atoms. The molecule has 0 aromatic carbocycles. The second-order valence-electron chi connectivity index (χ2n) is 1.68. The van der Waals surface area contributed by atoms with Gasteiger partial charge in [0.2, 0.25) is 0 Å². The number of isothiocyanates is 1. The first-order valence-corrected chi connectivity index (χ1v) is 3.08. The summed E-state index contributed by atoms with van der Waals surface area (Å²) in [5.74, 6) is 0.367. The van der Waals surface area contributed by atoms with Crippen LogP contribution in [0.3, 0.4) is 0 Å². The van der Waals surface area contributed by atoms with Crippen LogP contribution in [0, 0.1) is 6.92 Å². The molecule has 0 spiro atoms. The average molecular weight is 152 g/mol. The number of pyridine rings is 1. The normalized spacial score (nSPS) is 11.3. The Hall–Kier alpha value is -1.05. The van der Waals surface area contributed by atoms with Gasteiger partial charge in [0.25, 0.3) is 0 Å². The van der Waals surface area contributed by atoms with Crippen molar-refractivity contribution >= 4 is 23.2 Å². The van der Waals surface area contributed by atoms with Crippen molar-refractivity contribution in [2.24, 2.45) is 4.99 Å². The van der Waals surface area contributed by atoms with E-state index >= 15 is 0 Å². The fourth-order valence-corrected chi connectivity index (χ4v) is 0.629. The number of nitrogens with zero attached hydrogens (tertiary/aromatic N) is 2. The Kier molecular flexibility index (Phi) is 1.51. The lowest BCUT2D eigenvalue weighted by Gasteiger charge is -1.92. The van der Waals surface area contributed by atoms with Crippen LogP contribution < -0.4 is 0 Å². The van der Waals surface area contributed by atoms with E-state index < -0.39 is 0 Å². The molecule has 0 N–H and O–H groups in total. The second kappa shape index (κ2) is 3.20. The number of rotatable bonds is 1. The molecule has 0 radical (unpaired) electrons. The van der Waals surface area contributed by atoms with Crippen LogP contribution in [0.1, 0.15) is 8.30 Å². The van der Waals surface area contributed by atoms with Crippen molar-refractivity contribution in [1.29, 1.82) is 0 Å². The summed E-state index contributed by atoms with van der Waals surface area (Å²) in [6.07, 6.45) is 1.28. The molecule has 10 heavy (non-hydrogen) atoms. The third kappa shape index (κ3) is 1.47. The lowest BCUT2D eigenvalue weighted by molar-refractivity contribution is 1.23. The SMILES string of the molecule is [2H]c1cnc(N=C=S)c(C)c1[2H]. The van der Waals surface area contributed by atoms with Crippen LogP contribution in [-0.2, 0) is 0 Å². The highest BCUT2D eigenvalue weighted by molar-refractivity contribution is 7.78. The first-order valence-electron chi connectivity index (χ1n) is 3.67. The molecule has 2 nitrogen and oxygen atoms in total. The number of hydrogen-bond donors (Lipinski definition) is 0. The summed E-state index contributed by atoms with van der Waals surface area (Å²) in [6, 6.07) is 0.227. The maximum absolute atomic E-state index is 7.41. The van der Waals surface area contributed by atoms with Gasteiger partial charge in [-0.1, -0.05) is 6.04 Å². The van der Waals surface area contributed by atoms with Crippen molar-refractivity contribution in [3.05, 3.63) is 23.8 Å². The number of aliphatic imine (C=N–C) groups is 1. The molecular weight excluding hydrogens is 144 g/mol.